The van der Waals surface area contributed by atoms with Crippen LogP contribution in [0.2, 0.25) is 0 Å². The van der Waals surface area contributed by atoms with Gasteiger partial charge in [0.25, 0.3) is 5.56 Å². The number of aromatic nitrogens is 4. The van der Waals surface area contributed by atoms with Crippen LogP contribution in [0.25, 0.3) is 22.3 Å². The number of aryl methyl sites for hydroxylation is 3. The molecule has 0 aliphatic heterocycles. The summed E-state index contributed by atoms with van der Waals surface area (Å²) in [5.74, 6) is 0.123. The number of nitrogens with zero attached hydrogens (tertiary/aromatic N) is 4. The highest BCUT2D eigenvalue weighted by atomic mass is 32.2. The second-order valence-electron chi connectivity index (χ2n) is 8.09. The SMILES string of the molecule is Cc1cc(-c2cc3c(nc(C)n3Cc3ccc(F)cc3)c(CS(C)(=O)=O)n2)cn(C)c1=O. The molecule has 0 saturated carbocycles. The topological polar surface area (TPSA) is 86.8 Å². The molecule has 7 nitrogen and oxygen atoms in total. The van der Waals surface area contributed by atoms with Crippen LogP contribution < -0.4 is 5.56 Å². The van der Waals surface area contributed by atoms with Crippen LogP contribution in [-0.2, 0) is 29.2 Å². The summed E-state index contributed by atoms with van der Waals surface area (Å²) in [6, 6.07) is 9.81. The molecule has 0 amide bonds. The van der Waals surface area contributed by atoms with Crippen molar-refractivity contribution in [2.75, 3.05) is 6.26 Å². The summed E-state index contributed by atoms with van der Waals surface area (Å²) in [5.41, 5.74) is 4.18. The van der Waals surface area contributed by atoms with Crippen molar-refractivity contribution in [2.24, 2.45) is 7.05 Å². The maximum absolute atomic E-state index is 13.3. The molecule has 4 rings (SSSR count). The molecule has 3 aromatic heterocycles. The molecule has 0 aliphatic rings. The lowest BCUT2D eigenvalue weighted by molar-refractivity contribution is 0.600. The Morgan fingerprint density at radius 2 is 1.75 bits per heavy atom. The first kappa shape index (κ1) is 21.9. The lowest BCUT2D eigenvalue weighted by Crippen LogP contribution is -2.18. The van der Waals surface area contributed by atoms with Crippen molar-refractivity contribution in [3.05, 3.63) is 81.4 Å². The van der Waals surface area contributed by atoms with E-state index in [0.717, 1.165) is 17.3 Å². The van der Waals surface area contributed by atoms with Crippen LogP contribution in [0, 0.1) is 19.7 Å². The highest BCUT2D eigenvalue weighted by Crippen LogP contribution is 2.27. The minimum atomic E-state index is -3.37. The van der Waals surface area contributed by atoms with Crippen molar-refractivity contribution >= 4 is 20.9 Å². The number of sulfone groups is 1. The van der Waals surface area contributed by atoms with Crippen LogP contribution in [0.15, 0.2) is 47.4 Å². The van der Waals surface area contributed by atoms with E-state index in [1.807, 2.05) is 17.6 Å². The number of fused-ring (bicyclic) bond motifs is 1. The monoisotopic (exact) mass is 454 g/mol. The fourth-order valence-corrected chi connectivity index (χ4v) is 4.48. The van der Waals surface area contributed by atoms with Gasteiger partial charge in [0.2, 0.25) is 0 Å². The molecule has 0 spiro atoms. The van der Waals surface area contributed by atoms with Gasteiger partial charge in [0, 0.05) is 37.2 Å². The average Bonchev–Trinajstić information content (AvgIpc) is 3.02. The van der Waals surface area contributed by atoms with Gasteiger partial charge in [-0.2, -0.15) is 0 Å². The molecule has 1 aromatic carbocycles. The van der Waals surface area contributed by atoms with E-state index in [9.17, 15) is 17.6 Å². The molecule has 4 aromatic rings. The zero-order chi connectivity index (χ0) is 23.2. The number of rotatable bonds is 5. The molecular formula is C23H23FN4O3S. The van der Waals surface area contributed by atoms with E-state index in [1.165, 1.54) is 16.7 Å². The van der Waals surface area contributed by atoms with Crippen molar-refractivity contribution in [3.63, 3.8) is 0 Å². The Balaban J connectivity index is 1.95. The van der Waals surface area contributed by atoms with Crippen LogP contribution in [-0.4, -0.2) is 33.8 Å². The third kappa shape index (κ3) is 4.34. The Hall–Kier alpha value is -3.33. The van der Waals surface area contributed by atoms with Gasteiger partial charge in [-0.05, 0) is 43.7 Å². The van der Waals surface area contributed by atoms with Crippen LogP contribution in [0.1, 0.15) is 22.6 Å². The molecule has 0 unspecified atom stereocenters. The summed E-state index contributed by atoms with van der Waals surface area (Å²) in [7, 11) is -1.70. The number of hydrogen-bond acceptors (Lipinski definition) is 5. The summed E-state index contributed by atoms with van der Waals surface area (Å²) in [4.78, 5) is 21.3. The van der Waals surface area contributed by atoms with Crippen molar-refractivity contribution in [2.45, 2.75) is 26.1 Å². The Bertz CT molecular complexity index is 1480. The molecule has 32 heavy (non-hydrogen) atoms. The van der Waals surface area contributed by atoms with Crippen LogP contribution in [0.4, 0.5) is 4.39 Å². The molecule has 0 saturated heterocycles. The molecule has 0 aliphatic carbocycles. The van der Waals surface area contributed by atoms with Crippen LogP contribution in [0.3, 0.4) is 0 Å². The molecule has 0 bridgehead atoms. The summed E-state index contributed by atoms with van der Waals surface area (Å²) < 4.78 is 41.0. The van der Waals surface area contributed by atoms with Gasteiger partial charge in [-0.15, -0.1) is 0 Å². The van der Waals surface area contributed by atoms with Crippen molar-refractivity contribution in [1.29, 1.82) is 0 Å². The smallest absolute Gasteiger partial charge is 0.253 e. The maximum atomic E-state index is 13.3. The van der Waals surface area contributed by atoms with E-state index >= 15 is 0 Å². The Labute approximate surface area is 185 Å². The fourth-order valence-electron chi connectivity index (χ4n) is 3.79. The third-order valence-corrected chi connectivity index (χ3v) is 6.11. The molecule has 0 N–H and O–H groups in total. The molecule has 166 valence electrons. The molecular weight excluding hydrogens is 431 g/mol. The van der Waals surface area contributed by atoms with Crippen molar-refractivity contribution in [1.82, 2.24) is 19.1 Å². The maximum Gasteiger partial charge on any atom is 0.253 e. The summed E-state index contributed by atoms with van der Waals surface area (Å²) in [6.07, 6.45) is 2.84. The number of halogens is 1. The number of hydrogen-bond donors (Lipinski definition) is 0. The van der Waals surface area contributed by atoms with Gasteiger partial charge < -0.3 is 9.13 Å². The van der Waals surface area contributed by atoms with E-state index in [1.54, 1.807) is 38.4 Å². The molecule has 9 heteroatoms. The van der Waals surface area contributed by atoms with Crippen LogP contribution in [0.5, 0.6) is 0 Å². The Morgan fingerprint density at radius 1 is 1.06 bits per heavy atom. The molecule has 0 fully saturated rings. The van der Waals surface area contributed by atoms with E-state index < -0.39 is 9.84 Å². The lowest BCUT2D eigenvalue weighted by Gasteiger charge is -2.11. The molecule has 3 heterocycles. The van der Waals surface area contributed by atoms with Crippen LogP contribution >= 0.6 is 0 Å². The number of benzene rings is 1. The third-order valence-electron chi connectivity index (χ3n) is 5.31. The Kier molecular flexibility index (Phi) is 5.46. The quantitative estimate of drug-likeness (QED) is 0.462. The second kappa shape index (κ2) is 7.98. The first-order valence-electron chi connectivity index (χ1n) is 9.98. The van der Waals surface area contributed by atoms with E-state index in [4.69, 9.17) is 0 Å². The standard InChI is InChI=1S/C23H23FN4O3S/c1-14-9-17(12-27(3)23(14)29)19-10-21-22(20(26-19)13-32(4,30)31)25-15(2)28(21)11-16-5-7-18(24)8-6-16/h5-10,12H,11,13H2,1-4H3. The first-order chi connectivity index (χ1) is 15.0. The summed E-state index contributed by atoms with van der Waals surface area (Å²) >= 11 is 0. The summed E-state index contributed by atoms with van der Waals surface area (Å²) in [6.45, 7) is 4.01. The van der Waals surface area contributed by atoms with E-state index in [-0.39, 0.29) is 17.1 Å². The molecule has 0 radical (unpaired) electrons. The average molecular weight is 455 g/mol. The molecule has 0 atom stereocenters. The van der Waals surface area contributed by atoms with E-state index in [2.05, 4.69) is 9.97 Å². The normalized spacial score (nSPS) is 11.9. The summed E-state index contributed by atoms with van der Waals surface area (Å²) in [5, 5.41) is 0. The highest BCUT2D eigenvalue weighted by Gasteiger charge is 2.19. The first-order valence-corrected chi connectivity index (χ1v) is 12.0. The van der Waals surface area contributed by atoms with Crippen molar-refractivity contribution < 1.29 is 12.8 Å². The van der Waals surface area contributed by atoms with Gasteiger partial charge in [-0.1, -0.05) is 12.1 Å². The van der Waals surface area contributed by atoms with Gasteiger partial charge in [-0.25, -0.2) is 22.8 Å². The van der Waals surface area contributed by atoms with Gasteiger partial charge in [0.1, 0.15) is 17.2 Å². The fraction of sp³-hybridized carbons (Fsp3) is 0.261. The predicted molar refractivity (Wildman–Crippen MR) is 122 cm³/mol. The van der Waals surface area contributed by atoms with Gasteiger partial charge >= 0.3 is 0 Å². The van der Waals surface area contributed by atoms with E-state index in [0.29, 0.717) is 40.4 Å². The van der Waals surface area contributed by atoms with Gasteiger partial charge in [0.05, 0.1) is 22.7 Å². The lowest BCUT2D eigenvalue weighted by atomic mass is 10.1. The zero-order valence-corrected chi connectivity index (χ0v) is 19.1. The largest absolute Gasteiger partial charge is 0.324 e. The predicted octanol–water partition coefficient (Wildman–Crippen LogP) is 3.15. The van der Waals surface area contributed by atoms with Gasteiger partial charge in [-0.3, -0.25) is 4.79 Å². The zero-order valence-electron chi connectivity index (χ0n) is 18.3. The Morgan fingerprint density at radius 3 is 2.38 bits per heavy atom. The minimum absolute atomic E-state index is 0.108. The van der Waals surface area contributed by atoms with Gasteiger partial charge in [0.15, 0.2) is 9.84 Å². The highest BCUT2D eigenvalue weighted by molar-refractivity contribution is 7.89. The van der Waals surface area contributed by atoms with Crippen molar-refractivity contribution in [3.8, 4) is 11.3 Å². The second-order valence-corrected chi connectivity index (χ2v) is 10.2. The number of imidazole rings is 1. The number of pyridine rings is 2. The minimum Gasteiger partial charge on any atom is -0.324 e.